The molecule has 0 nitrogen and oxygen atoms in total. The van der Waals surface area contributed by atoms with Gasteiger partial charge in [-0.15, -0.1) is 19.7 Å². The zero-order valence-corrected chi connectivity index (χ0v) is 12.4. The number of hydrogen-bond acceptors (Lipinski definition) is 0. The number of rotatable bonds is 5. The summed E-state index contributed by atoms with van der Waals surface area (Å²) in [6.07, 6.45) is 6.01. The van der Waals surface area contributed by atoms with Gasteiger partial charge in [-0.1, -0.05) is 37.9 Å². The summed E-state index contributed by atoms with van der Waals surface area (Å²) < 4.78 is 0. The van der Waals surface area contributed by atoms with Gasteiger partial charge in [0.05, 0.1) is 0 Å². The standard InChI is InChI=1S/C11H22Si2/c1-7-11(8-2,9-3)10(12)13(4,5)6/h7-10H,1-3H2,4-6,12H3. The molecule has 0 N–H and O–H groups in total. The molecule has 0 radical (unpaired) electrons. The maximum atomic E-state index is 3.91. The van der Waals surface area contributed by atoms with Gasteiger partial charge in [0.15, 0.2) is 0 Å². The molecule has 0 fully saturated rings. The molecule has 0 bridgehead atoms. The summed E-state index contributed by atoms with van der Waals surface area (Å²) in [5, 5.41) is 0.729. The van der Waals surface area contributed by atoms with Gasteiger partial charge in [0.25, 0.3) is 0 Å². The topological polar surface area (TPSA) is 0 Å². The molecule has 0 heterocycles. The molecule has 1 atom stereocenters. The van der Waals surface area contributed by atoms with Gasteiger partial charge in [0.1, 0.15) is 0 Å². The average Bonchev–Trinajstić information content (AvgIpc) is 2.07. The van der Waals surface area contributed by atoms with Gasteiger partial charge in [0.2, 0.25) is 0 Å². The molecule has 1 unspecified atom stereocenters. The Hall–Kier alpha value is -0.346. The summed E-state index contributed by atoms with van der Waals surface area (Å²) in [6, 6.07) is 0. The van der Waals surface area contributed by atoms with Crippen LogP contribution in [0.1, 0.15) is 0 Å². The van der Waals surface area contributed by atoms with E-state index in [4.69, 9.17) is 0 Å². The van der Waals surface area contributed by atoms with Gasteiger partial charge >= 0.3 is 0 Å². The lowest BCUT2D eigenvalue weighted by Crippen LogP contribution is -2.38. The molecule has 74 valence electrons. The molecule has 0 aromatic carbocycles. The average molecular weight is 210 g/mol. The van der Waals surface area contributed by atoms with Crippen molar-refractivity contribution in [2.75, 3.05) is 0 Å². The maximum absolute atomic E-state index is 3.91. The second-order valence-electron chi connectivity index (χ2n) is 4.70. The molecular weight excluding hydrogens is 188 g/mol. The van der Waals surface area contributed by atoms with E-state index >= 15 is 0 Å². The summed E-state index contributed by atoms with van der Waals surface area (Å²) in [7, 11) is 0.0712. The Labute approximate surface area is 86.9 Å². The minimum absolute atomic E-state index is 0.0172. The van der Waals surface area contributed by atoms with Gasteiger partial charge in [-0.05, 0) is 5.16 Å². The van der Waals surface area contributed by atoms with Crippen LogP contribution in [0, 0.1) is 5.41 Å². The Balaban J connectivity index is 5.06. The molecule has 0 saturated heterocycles. The van der Waals surface area contributed by atoms with Gasteiger partial charge in [-0.3, -0.25) is 0 Å². The van der Waals surface area contributed by atoms with Crippen LogP contribution in [0.25, 0.3) is 0 Å². The van der Waals surface area contributed by atoms with Crippen molar-refractivity contribution in [2.24, 2.45) is 5.41 Å². The first-order valence-electron chi connectivity index (χ1n) is 4.75. The predicted octanol–water partition coefficient (Wildman–Crippen LogP) is 2.56. The van der Waals surface area contributed by atoms with Crippen molar-refractivity contribution in [3.05, 3.63) is 38.0 Å². The fourth-order valence-corrected chi connectivity index (χ4v) is 4.09. The van der Waals surface area contributed by atoms with Crippen LogP contribution in [0.2, 0.25) is 24.8 Å². The molecule has 2 heteroatoms. The monoisotopic (exact) mass is 210 g/mol. The van der Waals surface area contributed by atoms with Crippen LogP contribution >= 0.6 is 0 Å². The second kappa shape index (κ2) is 4.24. The fourth-order valence-electron chi connectivity index (χ4n) is 1.53. The maximum Gasteiger partial charge on any atom is 0.0454 e. The van der Waals surface area contributed by atoms with Crippen LogP contribution in [0.3, 0.4) is 0 Å². The first kappa shape index (κ1) is 12.7. The Morgan fingerprint density at radius 3 is 1.46 bits per heavy atom. The van der Waals surface area contributed by atoms with E-state index in [0.717, 1.165) is 5.16 Å². The molecule has 0 amide bonds. The third-order valence-electron chi connectivity index (χ3n) is 3.11. The molecule has 0 aliphatic heterocycles. The summed E-state index contributed by atoms with van der Waals surface area (Å²) in [5.41, 5.74) is -0.0172. The quantitative estimate of drug-likeness (QED) is 0.483. The zero-order valence-electron chi connectivity index (χ0n) is 9.43. The third-order valence-corrected chi connectivity index (χ3v) is 12.4. The highest BCUT2D eigenvalue weighted by Gasteiger charge is 2.35. The molecule has 13 heavy (non-hydrogen) atoms. The van der Waals surface area contributed by atoms with E-state index in [9.17, 15) is 0 Å². The van der Waals surface area contributed by atoms with Gasteiger partial charge in [0, 0.05) is 23.7 Å². The zero-order chi connectivity index (χ0) is 10.7. The van der Waals surface area contributed by atoms with E-state index in [1.807, 2.05) is 18.2 Å². The van der Waals surface area contributed by atoms with Gasteiger partial charge in [-0.2, -0.15) is 0 Å². The molecule has 0 spiro atoms. The van der Waals surface area contributed by atoms with E-state index in [1.54, 1.807) is 0 Å². The van der Waals surface area contributed by atoms with Crippen LogP contribution in [-0.4, -0.2) is 18.3 Å². The highest BCUT2D eigenvalue weighted by Crippen LogP contribution is 2.40. The van der Waals surface area contributed by atoms with Gasteiger partial charge in [-0.25, -0.2) is 0 Å². The van der Waals surface area contributed by atoms with E-state index < -0.39 is 8.07 Å². The summed E-state index contributed by atoms with van der Waals surface area (Å²) in [4.78, 5) is 0. The second-order valence-corrected chi connectivity index (χ2v) is 12.6. The fraction of sp³-hybridized carbons (Fsp3) is 0.455. The minimum atomic E-state index is -1.11. The van der Waals surface area contributed by atoms with Crippen molar-refractivity contribution < 1.29 is 0 Å². The molecular formula is C11H22Si2. The molecule has 0 aromatic rings. The summed E-state index contributed by atoms with van der Waals surface area (Å²) in [6.45, 7) is 18.9. The molecule has 0 rings (SSSR count). The lowest BCUT2D eigenvalue weighted by atomic mass is 9.91. The van der Waals surface area contributed by atoms with E-state index in [0.29, 0.717) is 0 Å². The minimum Gasteiger partial charge on any atom is -0.102 e. The van der Waals surface area contributed by atoms with Crippen molar-refractivity contribution >= 4 is 18.3 Å². The van der Waals surface area contributed by atoms with E-state index in [-0.39, 0.29) is 5.41 Å². The van der Waals surface area contributed by atoms with Crippen molar-refractivity contribution in [1.82, 2.24) is 0 Å². The smallest absolute Gasteiger partial charge is 0.0454 e. The molecule has 0 aliphatic carbocycles. The van der Waals surface area contributed by atoms with Crippen LogP contribution in [0.5, 0.6) is 0 Å². The van der Waals surface area contributed by atoms with Crippen molar-refractivity contribution in [2.45, 2.75) is 24.8 Å². The Kier molecular flexibility index (Phi) is 4.13. The Bertz CT molecular complexity index is 189. The lowest BCUT2D eigenvalue weighted by molar-refractivity contribution is 0.667. The predicted molar refractivity (Wildman–Crippen MR) is 70.1 cm³/mol. The van der Waals surface area contributed by atoms with Crippen LogP contribution in [0.4, 0.5) is 0 Å². The first-order chi connectivity index (χ1) is 5.84. The molecule has 0 aromatic heterocycles. The van der Waals surface area contributed by atoms with Crippen LogP contribution in [-0.2, 0) is 0 Å². The Morgan fingerprint density at radius 1 is 1.08 bits per heavy atom. The van der Waals surface area contributed by atoms with Crippen LogP contribution < -0.4 is 0 Å². The van der Waals surface area contributed by atoms with E-state index in [2.05, 4.69) is 39.4 Å². The Morgan fingerprint density at radius 2 is 1.38 bits per heavy atom. The van der Waals surface area contributed by atoms with Crippen molar-refractivity contribution in [3.8, 4) is 0 Å². The first-order valence-corrected chi connectivity index (χ1v) is 9.48. The van der Waals surface area contributed by atoms with Crippen molar-refractivity contribution in [3.63, 3.8) is 0 Å². The molecule has 0 saturated carbocycles. The lowest BCUT2D eigenvalue weighted by Gasteiger charge is -2.38. The summed E-state index contributed by atoms with van der Waals surface area (Å²) >= 11 is 0. The van der Waals surface area contributed by atoms with Crippen LogP contribution in [0.15, 0.2) is 38.0 Å². The third kappa shape index (κ3) is 2.55. The largest absolute Gasteiger partial charge is 0.102 e. The normalized spacial score (nSPS) is 15.0. The SMILES string of the molecule is C=CC(C=C)(C=C)C([SiH3])[Si](C)(C)C. The molecule has 0 aliphatic rings. The van der Waals surface area contributed by atoms with E-state index in [1.165, 1.54) is 10.2 Å². The summed E-state index contributed by atoms with van der Waals surface area (Å²) in [5.74, 6) is 0. The van der Waals surface area contributed by atoms with Crippen molar-refractivity contribution in [1.29, 1.82) is 0 Å². The van der Waals surface area contributed by atoms with Gasteiger partial charge < -0.3 is 0 Å². The number of allylic oxidation sites excluding steroid dienone is 3. The highest BCUT2D eigenvalue weighted by molar-refractivity contribution is 6.83. The highest BCUT2D eigenvalue weighted by atomic mass is 28.4. The number of hydrogen-bond donors (Lipinski definition) is 0.